The number of halogens is 2. The van der Waals surface area contributed by atoms with Crippen molar-refractivity contribution in [2.75, 3.05) is 14.2 Å². The number of hydrogen-bond acceptors (Lipinski definition) is 8. The monoisotopic (exact) mass is 491 g/mol. The fourth-order valence-corrected chi connectivity index (χ4v) is 4.41. The predicted octanol–water partition coefficient (Wildman–Crippen LogP) is 5.80. The van der Waals surface area contributed by atoms with Gasteiger partial charge in [0, 0.05) is 5.02 Å². The third-order valence-electron chi connectivity index (χ3n) is 4.60. The summed E-state index contributed by atoms with van der Waals surface area (Å²) in [5, 5.41) is 14.2. The second kappa shape index (κ2) is 9.40. The predicted molar refractivity (Wildman–Crippen MR) is 123 cm³/mol. The Bertz CT molecular complexity index is 1260. The quantitative estimate of drug-likeness (QED) is 0.299. The SMILES string of the molecule is COc1ccc(-n2c(S[C@@H](C)c3nc(C)no3)nnc2-c2cc(Cl)ccc2OC)cc1Cl. The average molecular weight is 492 g/mol. The molecule has 166 valence electrons. The van der Waals surface area contributed by atoms with Gasteiger partial charge >= 0.3 is 0 Å². The molecule has 2 heterocycles. The molecule has 0 aliphatic heterocycles. The van der Waals surface area contributed by atoms with E-state index in [1.54, 1.807) is 51.5 Å². The molecule has 0 amide bonds. The molecule has 0 saturated heterocycles. The maximum atomic E-state index is 6.42. The van der Waals surface area contributed by atoms with Crippen LogP contribution in [-0.4, -0.2) is 39.1 Å². The number of methoxy groups -OCH3 is 2. The van der Waals surface area contributed by atoms with Crippen molar-refractivity contribution in [3.63, 3.8) is 0 Å². The number of aromatic nitrogens is 5. The minimum absolute atomic E-state index is 0.165. The Labute approximate surface area is 198 Å². The van der Waals surface area contributed by atoms with Gasteiger partial charge < -0.3 is 14.0 Å². The summed E-state index contributed by atoms with van der Waals surface area (Å²) in [5.74, 6) is 2.79. The van der Waals surface area contributed by atoms with Gasteiger partial charge in [0.15, 0.2) is 16.8 Å². The lowest BCUT2D eigenvalue weighted by atomic mass is 10.2. The molecule has 0 aliphatic carbocycles. The molecular weight excluding hydrogens is 473 g/mol. The molecule has 2 aromatic carbocycles. The highest BCUT2D eigenvalue weighted by molar-refractivity contribution is 7.99. The number of nitrogens with zero attached hydrogens (tertiary/aromatic N) is 5. The lowest BCUT2D eigenvalue weighted by Crippen LogP contribution is -2.02. The second-order valence-electron chi connectivity index (χ2n) is 6.74. The van der Waals surface area contributed by atoms with Crippen molar-refractivity contribution in [1.82, 2.24) is 24.9 Å². The minimum Gasteiger partial charge on any atom is -0.496 e. The fourth-order valence-electron chi connectivity index (χ4n) is 3.09. The van der Waals surface area contributed by atoms with E-state index in [1.165, 1.54) is 11.8 Å². The second-order valence-corrected chi connectivity index (χ2v) is 8.90. The summed E-state index contributed by atoms with van der Waals surface area (Å²) < 4.78 is 18.0. The van der Waals surface area contributed by atoms with Gasteiger partial charge in [0.25, 0.3) is 0 Å². The van der Waals surface area contributed by atoms with E-state index in [-0.39, 0.29) is 5.25 Å². The van der Waals surface area contributed by atoms with Crippen molar-refractivity contribution in [1.29, 1.82) is 0 Å². The largest absolute Gasteiger partial charge is 0.496 e. The van der Waals surface area contributed by atoms with Gasteiger partial charge in [0.1, 0.15) is 11.5 Å². The molecule has 0 aliphatic rings. The summed E-state index contributed by atoms with van der Waals surface area (Å²) in [5.41, 5.74) is 1.43. The molecule has 4 aromatic rings. The van der Waals surface area contributed by atoms with Crippen LogP contribution in [0.1, 0.15) is 23.9 Å². The van der Waals surface area contributed by atoms with Crippen molar-refractivity contribution < 1.29 is 14.0 Å². The lowest BCUT2D eigenvalue weighted by Gasteiger charge is -2.15. The van der Waals surface area contributed by atoms with E-state index in [2.05, 4.69) is 20.3 Å². The summed E-state index contributed by atoms with van der Waals surface area (Å²) >= 11 is 14.1. The molecule has 0 saturated carbocycles. The molecule has 32 heavy (non-hydrogen) atoms. The Hall–Kier alpha value is -2.75. The maximum Gasteiger partial charge on any atom is 0.239 e. The van der Waals surface area contributed by atoms with E-state index in [0.29, 0.717) is 49.8 Å². The van der Waals surface area contributed by atoms with E-state index in [9.17, 15) is 0 Å². The van der Waals surface area contributed by atoms with Crippen molar-refractivity contribution >= 4 is 35.0 Å². The van der Waals surface area contributed by atoms with Crippen molar-refractivity contribution in [3.05, 3.63) is 58.2 Å². The van der Waals surface area contributed by atoms with Gasteiger partial charge in [-0.05, 0) is 50.2 Å². The number of rotatable bonds is 7. The summed E-state index contributed by atoms with van der Waals surface area (Å²) in [4.78, 5) is 4.32. The van der Waals surface area contributed by atoms with Crippen LogP contribution in [0.4, 0.5) is 0 Å². The van der Waals surface area contributed by atoms with Crippen molar-refractivity contribution in [3.8, 4) is 28.6 Å². The van der Waals surface area contributed by atoms with Gasteiger partial charge in [-0.25, -0.2) is 0 Å². The smallest absolute Gasteiger partial charge is 0.239 e. The average Bonchev–Trinajstić information content (AvgIpc) is 3.40. The number of benzene rings is 2. The maximum absolute atomic E-state index is 6.42. The number of hydrogen-bond donors (Lipinski definition) is 0. The number of aryl methyl sites for hydroxylation is 1. The standard InChI is InChI=1S/C21H19Cl2N5O3S/c1-11(20-24-12(2)27-31-20)32-21-26-25-19(15-9-13(22)5-7-17(15)29-3)28(21)14-6-8-18(30-4)16(23)10-14/h5-11H,1-4H3/t11-/m0/s1. The molecule has 0 fully saturated rings. The molecule has 1 atom stereocenters. The van der Waals surface area contributed by atoms with E-state index >= 15 is 0 Å². The summed E-state index contributed by atoms with van der Waals surface area (Å²) in [6, 6.07) is 10.8. The zero-order valence-corrected chi connectivity index (χ0v) is 20.0. The molecule has 11 heteroatoms. The van der Waals surface area contributed by atoms with Crippen molar-refractivity contribution in [2.24, 2.45) is 0 Å². The number of thioether (sulfide) groups is 1. The van der Waals surface area contributed by atoms with Gasteiger partial charge in [0.05, 0.1) is 35.7 Å². The van der Waals surface area contributed by atoms with Gasteiger partial charge in [-0.2, -0.15) is 4.98 Å². The normalized spacial score (nSPS) is 12.1. The first-order valence-electron chi connectivity index (χ1n) is 9.51. The zero-order chi connectivity index (χ0) is 22.8. The molecule has 0 unspecified atom stereocenters. The zero-order valence-electron chi connectivity index (χ0n) is 17.7. The van der Waals surface area contributed by atoms with E-state index < -0.39 is 0 Å². The van der Waals surface area contributed by atoms with Crippen LogP contribution >= 0.6 is 35.0 Å². The first-order valence-corrected chi connectivity index (χ1v) is 11.1. The summed E-state index contributed by atoms with van der Waals surface area (Å²) in [7, 11) is 3.16. The summed E-state index contributed by atoms with van der Waals surface area (Å²) in [6.45, 7) is 3.73. The van der Waals surface area contributed by atoms with E-state index in [0.717, 1.165) is 5.69 Å². The molecule has 0 spiro atoms. The Morgan fingerprint density at radius 1 is 1.03 bits per heavy atom. The topological polar surface area (TPSA) is 88.1 Å². The van der Waals surface area contributed by atoms with Gasteiger partial charge in [0.2, 0.25) is 5.89 Å². The van der Waals surface area contributed by atoms with Crippen LogP contribution in [-0.2, 0) is 0 Å². The Morgan fingerprint density at radius 2 is 1.78 bits per heavy atom. The Kier molecular flexibility index (Phi) is 6.59. The number of ether oxygens (including phenoxy) is 2. The Balaban J connectivity index is 1.86. The van der Waals surface area contributed by atoms with Gasteiger partial charge in [-0.1, -0.05) is 40.1 Å². The van der Waals surface area contributed by atoms with E-state index in [1.807, 2.05) is 17.6 Å². The summed E-state index contributed by atoms with van der Waals surface area (Å²) in [6.07, 6.45) is 0. The van der Waals surface area contributed by atoms with Crippen LogP contribution in [0.2, 0.25) is 10.0 Å². The van der Waals surface area contributed by atoms with Gasteiger partial charge in [-0.15, -0.1) is 10.2 Å². The first-order chi connectivity index (χ1) is 15.4. The third kappa shape index (κ3) is 4.41. The van der Waals surface area contributed by atoms with E-state index in [4.69, 9.17) is 37.2 Å². The van der Waals surface area contributed by atoms with Crippen LogP contribution in [0.15, 0.2) is 46.1 Å². The molecule has 4 rings (SSSR count). The highest BCUT2D eigenvalue weighted by Gasteiger charge is 2.24. The van der Waals surface area contributed by atoms with Crippen LogP contribution in [0.25, 0.3) is 17.1 Å². The molecule has 2 aromatic heterocycles. The van der Waals surface area contributed by atoms with Gasteiger partial charge in [-0.3, -0.25) is 4.57 Å². The highest BCUT2D eigenvalue weighted by Crippen LogP contribution is 2.40. The molecule has 0 radical (unpaired) electrons. The first kappa shape index (κ1) is 22.4. The van der Waals surface area contributed by atoms with Crippen LogP contribution in [0.3, 0.4) is 0 Å². The fraction of sp³-hybridized carbons (Fsp3) is 0.238. The highest BCUT2D eigenvalue weighted by atomic mass is 35.5. The van der Waals surface area contributed by atoms with Crippen LogP contribution in [0, 0.1) is 6.92 Å². The molecule has 8 nitrogen and oxygen atoms in total. The van der Waals surface area contributed by atoms with Crippen LogP contribution in [0.5, 0.6) is 11.5 Å². The van der Waals surface area contributed by atoms with Crippen molar-refractivity contribution in [2.45, 2.75) is 24.3 Å². The minimum atomic E-state index is -0.165. The third-order valence-corrected chi connectivity index (χ3v) is 6.16. The molecule has 0 bridgehead atoms. The lowest BCUT2D eigenvalue weighted by molar-refractivity contribution is 0.376. The molecular formula is C21H19Cl2N5O3S. The molecule has 0 N–H and O–H groups in total. The Morgan fingerprint density at radius 3 is 2.44 bits per heavy atom. The van der Waals surface area contributed by atoms with Crippen LogP contribution < -0.4 is 9.47 Å².